The summed E-state index contributed by atoms with van der Waals surface area (Å²) in [6.07, 6.45) is 2.04. The molecule has 0 heterocycles. The van der Waals surface area contributed by atoms with E-state index in [1.807, 2.05) is 24.5 Å². The second-order valence-corrected chi connectivity index (χ2v) is 6.26. The van der Waals surface area contributed by atoms with E-state index in [-0.39, 0.29) is 10.7 Å². The lowest BCUT2D eigenvalue weighted by molar-refractivity contribution is 0.0950. The van der Waals surface area contributed by atoms with Crippen LogP contribution in [0.25, 0.3) is 0 Å². The number of thioether (sulfide) groups is 1. The predicted octanol–water partition coefficient (Wildman–Crippen LogP) is 3.30. The van der Waals surface area contributed by atoms with E-state index in [1.54, 1.807) is 17.8 Å². The van der Waals surface area contributed by atoms with Gasteiger partial charge in [0.05, 0.1) is 0 Å². The summed E-state index contributed by atoms with van der Waals surface area (Å²) in [6.45, 7) is 4.86. The first kappa shape index (κ1) is 14.4. The molecule has 0 saturated carbocycles. The zero-order valence-corrected chi connectivity index (χ0v) is 12.0. The first-order valence-corrected chi connectivity index (χ1v) is 7.23. The van der Waals surface area contributed by atoms with Crippen LogP contribution in [0.2, 0.25) is 0 Å². The molecule has 1 N–H and O–H groups in total. The molecule has 0 fully saturated rings. The summed E-state index contributed by atoms with van der Waals surface area (Å²) in [7, 11) is 0. The van der Waals surface area contributed by atoms with Crippen LogP contribution in [-0.2, 0) is 5.88 Å². The van der Waals surface area contributed by atoms with Crippen molar-refractivity contribution in [1.82, 2.24) is 5.32 Å². The van der Waals surface area contributed by atoms with E-state index in [0.29, 0.717) is 18.0 Å². The van der Waals surface area contributed by atoms with E-state index in [2.05, 4.69) is 19.2 Å². The first-order chi connectivity index (χ1) is 7.98. The second kappa shape index (κ2) is 6.31. The van der Waals surface area contributed by atoms with Crippen LogP contribution in [0.4, 0.5) is 0 Å². The highest BCUT2D eigenvalue weighted by Crippen LogP contribution is 2.19. The first-order valence-electron chi connectivity index (χ1n) is 5.47. The SMILES string of the molecule is CSC(C)(C)CNC(=O)c1cccc(CCl)c1. The number of rotatable bonds is 5. The molecule has 0 unspecified atom stereocenters. The molecule has 1 aromatic carbocycles. The van der Waals surface area contributed by atoms with Crippen molar-refractivity contribution in [3.8, 4) is 0 Å². The van der Waals surface area contributed by atoms with Crippen molar-refractivity contribution in [3.05, 3.63) is 35.4 Å². The molecule has 0 aliphatic heterocycles. The van der Waals surface area contributed by atoms with Crippen LogP contribution < -0.4 is 5.32 Å². The summed E-state index contributed by atoms with van der Waals surface area (Å²) >= 11 is 7.48. The molecular formula is C13H18ClNOS. The van der Waals surface area contributed by atoms with Gasteiger partial charge in [0.1, 0.15) is 0 Å². The fraction of sp³-hybridized carbons (Fsp3) is 0.462. The summed E-state index contributed by atoms with van der Waals surface area (Å²) in [5, 5.41) is 2.94. The minimum atomic E-state index is -0.0425. The number of alkyl halides is 1. The smallest absolute Gasteiger partial charge is 0.251 e. The number of carbonyl (C=O) groups excluding carboxylic acids is 1. The van der Waals surface area contributed by atoms with Gasteiger partial charge in [-0.05, 0) is 37.8 Å². The Morgan fingerprint density at radius 2 is 2.18 bits per heavy atom. The zero-order chi connectivity index (χ0) is 12.9. The summed E-state index contributed by atoms with van der Waals surface area (Å²) in [4.78, 5) is 11.9. The van der Waals surface area contributed by atoms with Gasteiger partial charge in [0.15, 0.2) is 0 Å². The largest absolute Gasteiger partial charge is 0.351 e. The van der Waals surface area contributed by atoms with Gasteiger partial charge in [-0.2, -0.15) is 11.8 Å². The van der Waals surface area contributed by atoms with Gasteiger partial charge >= 0.3 is 0 Å². The molecule has 0 aromatic heterocycles. The zero-order valence-electron chi connectivity index (χ0n) is 10.4. The molecule has 0 radical (unpaired) electrons. The van der Waals surface area contributed by atoms with E-state index < -0.39 is 0 Å². The van der Waals surface area contributed by atoms with E-state index in [1.165, 1.54) is 0 Å². The van der Waals surface area contributed by atoms with Crippen molar-refractivity contribution < 1.29 is 4.79 Å². The highest BCUT2D eigenvalue weighted by atomic mass is 35.5. The number of hydrogen-bond donors (Lipinski definition) is 1. The Bertz CT molecular complexity index is 393. The minimum Gasteiger partial charge on any atom is -0.351 e. The summed E-state index contributed by atoms with van der Waals surface area (Å²) in [5.74, 6) is 0.385. The van der Waals surface area contributed by atoms with Gasteiger partial charge in [0, 0.05) is 22.7 Å². The average molecular weight is 272 g/mol. The van der Waals surface area contributed by atoms with Crippen molar-refractivity contribution in [2.75, 3.05) is 12.8 Å². The standard InChI is InChI=1S/C13H18ClNOS/c1-13(2,17-3)9-15-12(16)11-6-4-5-10(7-11)8-14/h4-7H,8-9H2,1-3H3,(H,15,16). The molecule has 4 heteroatoms. The summed E-state index contributed by atoms with van der Waals surface area (Å²) in [6, 6.07) is 7.40. The van der Waals surface area contributed by atoms with Crippen molar-refractivity contribution >= 4 is 29.3 Å². The Balaban J connectivity index is 2.64. The van der Waals surface area contributed by atoms with Gasteiger partial charge in [0.25, 0.3) is 5.91 Å². The normalized spacial score (nSPS) is 11.3. The molecule has 1 rings (SSSR count). The summed E-state index contributed by atoms with van der Waals surface area (Å²) in [5.41, 5.74) is 1.63. The molecule has 1 aromatic rings. The predicted molar refractivity (Wildman–Crippen MR) is 75.9 cm³/mol. The Morgan fingerprint density at radius 1 is 1.47 bits per heavy atom. The molecule has 0 bridgehead atoms. The monoisotopic (exact) mass is 271 g/mol. The molecular weight excluding hydrogens is 254 g/mol. The lowest BCUT2D eigenvalue weighted by Crippen LogP contribution is -2.36. The molecule has 0 atom stereocenters. The maximum absolute atomic E-state index is 11.9. The third kappa shape index (κ3) is 4.60. The van der Waals surface area contributed by atoms with Crippen molar-refractivity contribution in [3.63, 3.8) is 0 Å². The van der Waals surface area contributed by atoms with Crippen LogP contribution in [0.1, 0.15) is 29.8 Å². The Labute approximate surface area is 112 Å². The lowest BCUT2D eigenvalue weighted by Gasteiger charge is -2.22. The third-order valence-corrected chi connectivity index (χ3v) is 4.13. The molecule has 0 aliphatic carbocycles. The Kier molecular flexibility index (Phi) is 5.34. The number of halogens is 1. The molecule has 1 amide bonds. The van der Waals surface area contributed by atoms with Crippen LogP contribution in [0.3, 0.4) is 0 Å². The van der Waals surface area contributed by atoms with Gasteiger partial charge in [-0.15, -0.1) is 11.6 Å². The quantitative estimate of drug-likeness (QED) is 0.833. The number of nitrogens with one attached hydrogen (secondary N) is 1. The molecule has 17 heavy (non-hydrogen) atoms. The van der Waals surface area contributed by atoms with Crippen molar-refractivity contribution in [2.24, 2.45) is 0 Å². The third-order valence-electron chi connectivity index (χ3n) is 2.57. The Morgan fingerprint density at radius 3 is 2.76 bits per heavy atom. The maximum atomic E-state index is 11.9. The van der Waals surface area contributed by atoms with Crippen LogP contribution in [0.15, 0.2) is 24.3 Å². The van der Waals surface area contributed by atoms with Crippen LogP contribution in [0.5, 0.6) is 0 Å². The van der Waals surface area contributed by atoms with Crippen LogP contribution in [0, 0.1) is 0 Å². The highest BCUT2D eigenvalue weighted by molar-refractivity contribution is 7.99. The highest BCUT2D eigenvalue weighted by Gasteiger charge is 2.17. The van der Waals surface area contributed by atoms with Gasteiger partial charge < -0.3 is 5.32 Å². The second-order valence-electron chi connectivity index (χ2n) is 4.48. The van der Waals surface area contributed by atoms with Crippen molar-refractivity contribution in [2.45, 2.75) is 24.5 Å². The number of hydrogen-bond acceptors (Lipinski definition) is 2. The summed E-state index contributed by atoms with van der Waals surface area (Å²) < 4.78 is 0.0553. The van der Waals surface area contributed by atoms with Crippen molar-refractivity contribution in [1.29, 1.82) is 0 Å². The molecule has 0 saturated heterocycles. The number of amides is 1. The lowest BCUT2D eigenvalue weighted by atomic mass is 10.1. The molecule has 0 spiro atoms. The van der Waals surface area contributed by atoms with E-state index in [9.17, 15) is 4.79 Å². The topological polar surface area (TPSA) is 29.1 Å². The van der Waals surface area contributed by atoms with Crippen LogP contribution in [-0.4, -0.2) is 23.5 Å². The molecule has 2 nitrogen and oxygen atoms in total. The fourth-order valence-corrected chi connectivity index (χ4v) is 1.65. The van der Waals surface area contributed by atoms with Gasteiger partial charge in [-0.1, -0.05) is 12.1 Å². The molecule has 0 aliphatic rings. The number of benzene rings is 1. The van der Waals surface area contributed by atoms with Gasteiger partial charge in [-0.3, -0.25) is 4.79 Å². The van der Waals surface area contributed by atoms with Crippen LogP contribution >= 0.6 is 23.4 Å². The van der Waals surface area contributed by atoms with Gasteiger partial charge in [-0.25, -0.2) is 0 Å². The van der Waals surface area contributed by atoms with E-state index >= 15 is 0 Å². The fourth-order valence-electron chi connectivity index (χ4n) is 1.26. The average Bonchev–Trinajstić information content (AvgIpc) is 2.36. The molecule has 94 valence electrons. The van der Waals surface area contributed by atoms with E-state index in [4.69, 9.17) is 11.6 Å². The van der Waals surface area contributed by atoms with Gasteiger partial charge in [0.2, 0.25) is 0 Å². The minimum absolute atomic E-state index is 0.0425. The maximum Gasteiger partial charge on any atom is 0.251 e. The Hall–Kier alpha value is -0.670. The number of carbonyl (C=O) groups is 1. The van der Waals surface area contributed by atoms with E-state index in [0.717, 1.165) is 5.56 Å².